The van der Waals surface area contributed by atoms with Crippen LogP contribution in [-0.2, 0) is 10.2 Å². The monoisotopic (exact) mass is 231 g/mol. The minimum atomic E-state index is -0.500. The lowest BCUT2D eigenvalue weighted by Crippen LogP contribution is -2.46. The Bertz CT molecular complexity index is 500. The number of nitrogens with zero attached hydrogens (tertiary/aromatic N) is 1. The molecule has 3 rings (SSSR count). The van der Waals surface area contributed by atoms with E-state index >= 15 is 0 Å². The van der Waals surface area contributed by atoms with Crippen molar-refractivity contribution in [3.63, 3.8) is 0 Å². The first-order valence-electron chi connectivity index (χ1n) is 5.65. The average molecular weight is 231 g/mol. The van der Waals surface area contributed by atoms with Crippen LogP contribution >= 0.6 is 0 Å². The zero-order valence-electron chi connectivity index (χ0n) is 9.66. The van der Waals surface area contributed by atoms with Crippen LogP contribution in [0.5, 0.6) is 11.5 Å². The Morgan fingerprint density at radius 1 is 1.18 bits per heavy atom. The molecule has 0 amide bonds. The molecule has 2 heterocycles. The summed E-state index contributed by atoms with van der Waals surface area (Å²) >= 11 is 0. The van der Waals surface area contributed by atoms with Gasteiger partial charge in [-0.05, 0) is 30.2 Å². The predicted molar refractivity (Wildman–Crippen MR) is 60.3 cm³/mol. The molecule has 0 atom stereocenters. The van der Waals surface area contributed by atoms with Crippen LogP contribution in [0, 0.1) is 18.3 Å². The van der Waals surface area contributed by atoms with Gasteiger partial charge in [-0.25, -0.2) is 0 Å². The van der Waals surface area contributed by atoms with E-state index < -0.39 is 5.41 Å². The SMILES string of the molecule is Cc1cc2c(cc1C1(C#N)COC1)OCCO2. The largest absolute Gasteiger partial charge is 0.486 e. The number of hydrogen-bond donors (Lipinski definition) is 0. The minimum absolute atomic E-state index is 0.462. The van der Waals surface area contributed by atoms with Gasteiger partial charge in [-0.15, -0.1) is 0 Å². The van der Waals surface area contributed by atoms with E-state index in [-0.39, 0.29) is 0 Å². The second kappa shape index (κ2) is 3.64. The molecule has 0 unspecified atom stereocenters. The Kier molecular flexibility index (Phi) is 2.23. The molecule has 1 fully saturated rings. The van der Waals surface area contributed by atoms with Crippen molar-refractivity contribution in [3.8, 4) is 17.6 Å². The van der Waals surface area contributed by atoms with Crippen LogP contribution in [0.3, 0.4) is 0 Å². The van der Waals surface area contributed by atoms with Gasteiger partial charge in [-0.1, -0.05) is 0 Å². The van der Waals surface area contributed by atoms with Crippen LogP contribution in [0.2, 0.25) is 0 Å². The Labute approximate surface area is 99.7 Å². The second-order valence-electron chi connectivity index (χ2n) is 4.50. The Morgan fingerprint density at radius 3 is 2.35 bits per heavy atom. The van der Waals surface area contributed by atoms with E-state index in [1.54, 1.807) is 0 Å². The predicted octanol–water partition coefficient (Wildman–Crippen LogP) is 1.56. The summed E-state index contributed by atoms with van der Waals surface area (Å²) in [7, 11) is 0. The van der Waals surface area contributed by atoms with E-state index in [1.165, 1.54) is 0 Å². The molecule has 0 aliphatic carbocycles. The first-order chi connectivity index (χ1) is 8.25. The van der Waals surface area contributed by atoms with Gasteiger partial charge in [0.2, 0.25) is 0 Å². The van der Waals surface area contributed by atoms with Crippen LogP contribution in [0.25, 0.3) is 0 Å². The molecule has 4 heteroatoms. The topological polar surface area (TPSA) is 51.5 Å². The molecule has 1 aromatic rings. The fraction of sp³-hybridized carbons (Fsp3) is 0.462. The maximum absolute atomic E-state index is 9.32. The zero-order valence-corrected chi connectivity index (χ0v) is 9.66. The standard InChI is InChI=1S/C13H13NO3/c1-9-4-11-12(17-3-2-16-11)5-10(9)13(6-14)7-15-8-13/h4-5H,2-3,7-8H2,1H3. The molecule has 2 aliphatic heterocycles. The zero-order chi connectivity index (χ0) is 11.9. The lowest BCUT2D eigenvalue weighted by atomic mass is 9.78. The fourth-order valence-electron chi connectivity index (χ4n) is 2.29. The van der Waals surface area contributed by atoms with E-state index in [1.807, 2.05) is 19.1 Å². The van der Waals surface area contributed by atoms with Gasteiger partial charge < -0.3 is 14.2 Å². The van der Waals surface area contributed by atoms with Crippen LogP contribution in [-0.4, -0.2) is 26.4 Å². The molecule has 1 aromatic carbocycles. The lowest BCUT2D eigenvalue weighted by molar-refractivity contribution is -0.0302. The molecule has 4 nitrogen and oxygen atoms in total. The van der Waals surface area contributed by atoms with E-state index in [4.69, 9.17) is 14.2 Å². The van der Waals surface area contributed by atoms with Crippen molar-refractivity contribution in [2.24, 2.45) is 0 Å². The third-order valence-electron chi connectivity index (χ3n) is 3.32. The maximum atomic E-state index is 9.32. The number of rotatable bonds is 1. The van der Waals surface area contributed by atoms with Gasteiger partial charge in [-0.2, -0.15) is 5.26 Å². The average Bonchev–Trinajstić information content (AvgIpc) is 2.29. The van der Waals surface area contributed by atoms with Gasteiger partial charge in [0.15, 0.2) is 11.5 Å². The minimum Gasteiger partial charge on any atom is -0.486 e. The summed E-state index contributed by atoms with van der Waals surface area (Å²) < 4.78 is 16.3. The molecule has 1 saturated heterocycles. The third kappa shape index (κ3) is 1.47. The van der Waals surface area contributed by atoms with E-state index in [9.17, 15) is 5.26 Å². The van der Waals surface area contributed by atoms with Gasteiger partial charge in [0.25, 0.3) is 0 Å². The normalized spacial score (nSPS) is 20.2. The summed E-state index contributed by atoms with van der Waals surface area (Å²) in [5.74, 6) is 1.50. The molecule has 0 aromatic heterocycles. The smallest absolute Gasteiger partial charge is 0.161 e. The van der Waals surface area contributed by atoms with Gasteiger partial charge in [0.1, 0.15) is 18.6 Å². The van der Waals surface area contributed by atoms with Crippen molar-refractivity contribution in [2.45, 2.75) is 12.3 Å². The van der Waals surface area contributed by atoms with Crippen molar-refractivity contribution in [2.75, 3.05) is 26.4 Å². The highest BCUT2D eigenvalue weighted by Gasteiger charge is 2.42. The van der Waals surface area contributed by atoms with Crippen LogP contribution in [0.1, 0.15) is 11.1 Å². The fourth-order valence-corrected chi connectivity index (χ4v) is 2.29. The number of hydrogen-bond acceptors (Lipinski definition) is 4. The Morgan fingerprint density at radius 2 is 1.82 bits per heavy atom. The molecular weight excluding hydrogens is 218 g/mol. The quantitative estimate of drug-likeness (QED) is 0.736. The van der Waals surface area contributed by atoms with Crippen LogP contribution in [0.15, 0.2) is 12.1 Å². The number of benzene rings is 1. The van der Waals surface area contributed by atoms with Crippen molar-refractivity contribution in [1.82, 2.24) is 0 Å². The Balaban J connectivity index is 2.09. The van der Waals surface area contributed by atoms with E-state index in [0.29, 0.717) is 26.4 Å². The molecule has 0 saturated carbocycles. The van der Waals surface area contributed by atoms with E-state index in [2.05, 4.69) is 6.07 Å². The molecule has 17 heavy (non-hydrogen) atoms. The summed E-state index contributed by atoms with van der Waals surface area (Å²) in [4.78, 5) is 0. The summed E-state index contributed by atoms with van der Waals surface area (Å²) in [6.45, 7) is 4.06. The summed E-state index contributed by atoms with van der Waals surface area (Å²) in [6, 6.07) is 6.23. The number of ether oxygens (including phenoxy) is 3. The first-order valence-corrected chi connectivity index (χ1v) is 5.65. The molecule has 88 valence electrons. The summed E-state index contributed by atoms with van der Waals surface area (Å²) in [6.07, 6.45) is 0. The van der Waals surface area contributed by atoms with Gasteiger partial charge in [-0.3, -0.25) is 0 Å². The molecular formula is C13H13NO3. The highest BCUT2D eigenvalue weighted by Crippen LogP contribution is 2.40. The number of aryl methyl sites for hydroxylation is 1. The molecule has 0 radical (unpaired) electrons. The highest BCUT2D eigenvalue weighted by molar-refractivity contribution is 5.52. The first kappa shape index (κ1) is 10.4. The molecule has 0 N–H and O–H groups in total. The van der Waals surface area contributed by atoms with Crippen LogP contribution < -0.4 is 9.47 Å². The molecule has 0 bridgehead atoms. The van der Waals surface area contributed by atoms with Crippen molar-refractivity contribution in [3.05, 3.63) is 23.3 Å². The summed E-state index contributed by atoms with van der Waals surface area (Å²) in [5, 5.41) is 9.32. The number of fused-ring (bicyclic) bond motifs is 1. The maximum Gasteiger partial charge on any atom is 0.161 e. The van der Waals surface area contributed by atoms with Gasteiger partial charge in [0.05, 0.1) is 19.3 Å². The number of nitriles is 1. The van der Waals surface area contributed by atoms with Crippen molar-refractivity contribution < 1.29 is 14.2 Å². The molecule has 2 aliphatic rings. The highest BCUT2D eigenvalue weighted by atomic mass is 16.6. The van der Waals surface area contributed by atoms with Crippen molar-refractivity contribution in [1.29, 1.82) is 5.26 Å². The van der Waals surface area contributed by atoms with Crippen molar-refractivity contribution >= 4 is 0 Å². The van der Waals surface area contributed by atoms with E-state index in [0.717, 1.165) is 22.6 Å². The van der Waals surface area contributed by atoms with Gasteiger partial charge in [0, 0.05) is 0 Å². The summed E-state index contributed by atoms with van der Waals surface area (Å²) in [5.41, 5.74) is 1.55. The lowest BCUT2D eigenvalue weighted by Gasteiger charge is -2.37. The van der Waals surface area contributed by atoms with Gasteiger partial charge >= 0.3 is 0 Å². The van der Waals surface area contributed by atoms with Crippen LogP contribution in [0.4, 0.5) is 0 Å². The second-order valence-corrected chi connectivity index (χ2v) is 4.50. The molecule has 0 spiro atoms. The Hall–Kier alpha value is -1.73. The third-order valence-corrected chi connectivity index (χ3v) is 3.32.